The van der Waals surface area contributed by atoms with Gasteiger partial charge in [-0.25, -0.2) is 0 Å². The van der Waals surface area contributed by atoms with Gasteiger partial charge >= 0.3 is 0 Å². The Hall–Kier alpha value is -2.73. The largest absolute Gasteiger partial charge is 0.507 e. The fourth-order valence-corrected chi connectivity index (χ4v) is 2.77. The number of amides is 1. The quantitative estimate of drug-likeness (QED) is 0.657. The molecule has 2 aromatic carbocycles. The Balaban J connectivity index is 1.82. The van der Waals surface area contributed by atoms with Gasteiger partial charge in [-0.15, -0.1) is 0 Å². The van der Waals surface area contributed by atoms with Crippen molar-refractivity contribution in [3.8, 4) is 17.2 Å². The van der Waals surface area contributed by atoms with Crippen molar-refractivity contribution < 1.29 is 24.2 Å². The van der Waals surface area contributed by atoms with Crippen LogP contribution in [0.5, 0.6) is 17.2 Å². The highest BCUT2D eigenvalue weighted by atomic mass is 35.5. The Labute approximate surface area is 162 Å². The van der Waals surface area contributed by atoms with E-state index >= 15 is 0 Å². The van der Waals surface area contributed by atoms with Crippen molar-refractivity contribution in [2.24, 2.45) is 5.92 Å². The first-order valence-corrected chi connectivity index (χ1v) is 9.08. The van der Waals surface area contributed by atoms with E-state index in [1.807, 2.05) is 6.92 Å². The average Bonchev–Trinajstić information content (AvgIpc) is 3.46. The molecule has 0 unspecified atom stereocenters. The molecule has 0 bridgehead atoms. The van der Waals surface area contributed by atoms with Gasteiger partial charge in [-0.2, -0.15) is 0 Å². The number of aldehydes is 1. The van der Waals surface area contributed by atoms with Gasteiger partial charge in [-0.05, 0) is 49.9 Å². The number of ether oxygens (including phenoxy) is 2. The van der Waals surface area contributed by atoms with Crippen molar-refractivity contribution in [1.29, 1.82) is 0 Å². The van der Waals surface area contributed by atoms with Crippen molar-refractivity contribution in [1.82, 2.24) is 0 Å². The molecule has 0 aromatic heterocycles. The number of nitrogens with one attached hydrogen (secondary N) is 1. The number of carbonyl (C=O) groups excluding carboxylic acids is 2. The van der Waals surface area contributed by atoms with E-state index in [4.69, 9.17) is 21.1 Å². The maximum atomic E-state index is 12.6. The molecule has 7 heteroatoms. The Morgan fingerprint density at radius 3 is 2.70 bits per heavy atom. The minimum absolute atomic E-state index is 0.146. The van der Waals surface area contributed by atoms with Crippen LogP contribution in [0.15, 0.2) is 30.3 Å². The Morgan fingerprint density at radius 2 is 2.07 bits per heavy atom. The number of carbonyl (C=O) groups is 2. The number of rotatable bonds is 8. The van der Waals surface area contributed by atoms with Crippen LogP contribution in [-0.4, -0.2) is 30.5 Å². The van der Waals surface area contributed by atoms with Gasteiger partial charge in [0.2, 0.25) is 0 Å². The summed E-state index contributed by atoms with van der Waals surface area (Å²) in [4.78, 5) is 23.4. The molecule has 0 heterocycles. The standard InChI is InChI=1S/C20H20ClNO5/c1-2-26-19-16(21)7-14(8-18(19)27-11-12-3-4-12)20(25)22-15-6-5-13(10-23)17(24)9-15/h5-10,12,24H,2-4,11H2,1H3,(H,22,25). The van der Waals surface area contributed by atoms with E-state index in [2.05, 4.69) is 5.32 Å². The van der Waals surface area contributed by atoms with Gasteiger partial charge in [0.05, 0.1) is 23.8 Å². The van der Waals surface area contributed by atoms with Crippen LogP contribution in [0, 0.1) is 5.92 Å². The third-order valence-electron chi connectivity index (χ3n) is 4.15. The van der Waals surface area contributed by atoms with Crippen molar-refractivity contribution >= 4 is 29.5 Å². The smallest absolute Gasteiger partial charge is 0.255 e. The molecule has 0 aliphatic heterocycles. The van der Waals surface area contributed by atoms with Crippen LogP contribution < -0.4 is 14.8 Å². The number of anilines is 1. The monoisotopic (exact) mass is 389 g/mol. The first-order chi connectivity index (χ1) is 13.0. The van der Waals surface area contributed by atoms with Gasteiger partial charge in [-0.3, -0.25) is 9.59 Å². The first kappa shape index (κ1) is 19.0. The molecular weight excluding hydrogens is 370 g/mol. The van der Waals surface area contributed by atoms with E-state index in [9.17, 15) is 14.7 Å². The van der Waals surface area contributed by atoms with Crippen LogP contribution in [0.2, 0.25) is 5.02 Å². The van der Waals surface area contributed by atoms with Crippen LogP contribution in [0.3, 0.4) is 0 Å². The number of phenolic OH excluding ortho intramolecular Hbond substituents is 1. The number of halogens is 1. The van der Waals surface area contributed by atoms with E-state index in [-0.39, 0.29) is 16.3 Å². The van der Waals surface area contributed by atoms with Crippen LogP contribution in [0.1, 0.15) is 40.5 Å². The second kappa shape index (κ2) is 8.31. The van der Waals surface area contributed by atoms with E-state index in [1.165, 1.54) is 24.3 Å². The number of phenols is 1. The molecular formula is C20H20ClNO5. The second-order valence-corrected chi connectivity index (χ2v) is 6.73. The zero-order valence-corrected chi connectivity index (χ0v) is 15.6. The predicted octanol–water partition coefficient (Wildman–Crippen LogP) is 4.30. The van der Waals surface area contributed by atoms with Crippen LogP contribution >= 0.6 is 11.6 Å². The summed E-state index contributed by atoms with van der Waals surface area (Å²) in [5, 5.41) is 12.7. The molecule has 0 radical (unpaired) electrons. The molecule has 6 nitrogen and oxygen atoms in total. The lowest BCUT2D eigenvalue weighted by molar-refractivity contribution is 0.102. The molecule has 1 aliphatic carbocycles. The normalized spacial score (nSPS) is 13.1. The first-order valence-electron chi connectivity index (χ1n) is 8.70. The minimum atomic E-state index is -0.422. The zero-order valence-electron chi connectivity index (χ0n) is 14.8. The molecule has 1 fully saturated rings. The maximum absolute atomic E-state index is 12.6. The van der Waals surface area contributed by atoms with Gasteiger partial charge in [0.25, 0.3) is 5.91 Å². The Kier molecular flexibility index (Phi) is 5.86. The Bertz CT molecular complexity index is 864. The molecule has 2 aromatic rings. The summed E-state index contributed by atoms with van der Waals surface area (Å²) < 4.78 is 11.4. The van der Waals surface area contributed by atoms with Crippen LogP contribution in [0.25, 0.3) is 0 Å². The molecule has 2 N–H and O–H groups in total. The highest BCUT2D eigenvalue weighted by Crippen LogP contribution is 2.38. The van der Waals surface area contributed by atoms with Crippen molar-refractivity contribution in [2.75, 3.05) is 18.5 Å². The number of benzene rings is 2. The molecule has 1 saturated carbocycles. The number of hydrogen-bond donors (Lipinski definition) is 2. The van der Waals surface area contributed by atoms with Gasteiger partial charge < -0.3 is 19.9 Å². The average molecular weight is 390 g/mol. The van der Waals surface area contributed by atoms with Crippen molar-refractivity contribution in [3.05, 3.63) is 46.5 Å². The molecule has 0 atom stereocenters. The summed E-state index contributed by atoms with van der Waals surface area (Å²) in [6.45, 7) is 2.83. The lowest BCUT2D eigenvalue weighted by Crippen LogP contribution is -2.13. The summed E-state index contributed by atoms with van der Waals surface area (Å²) in [5.74, 6) is 0.760. The van der Waals surface area contributed by atoms with Gasteiger partial charge in [-0.1, -0.05) is 11.6 Å². The molecule has 1 amide bonds. The fourth-order valence-electron chi connectivity index (χ4n) is 2.51. The topological polar surface area (TPSA) is 84.9 Å². The third-order valence-corrected chi connectivity index (χ3v) is 4.43. The highest BCUT2D eigenvalue weighted by molar-refractivity contribution is 6.32. The van der Waals surface area contributed by atoms with Crippen LogP contribution in [-0.2, 0) is 0 Å². The van der Waals surface area contributed by atoms with Gasteiger partial charge in [0.1, 0.15) is 5.75 Å². The van der Waals surface area contributed by atoms with E-state index in [0.29, 0.717) is 48.2 Å². The summed E-state index contributed by atoms with van der Waals surface area (Å²) >= 11 is 6.29. The lowest BCUT2D eigenvalue weighted by atomic mass is 10.1. The van der Waals surface area contributed by atoms with Crippen molar-refractivity contribution in [2.45, 2.75) is 19.8 Å². The summed E-state index contributed by atoms with van der Waals surface area (Å²) in [6.07, 6.45) is 2.81. The predicted molar refractivity (Wildman–Crippen MR) is 102 cm³/mol. The van der Waals surface area contributed by atoms with E-state index in [1.54, 1.807) is 6.07 Å². The Morgan fingerprint density at radius 1 is 1.30 bits per heavy atom. The summed E-state index contributed by atoms with van der Waals surface area (Å²) in [6, 6.07) is 7.36. The van der Waals surface area contributed by atoms with Gasteiger partial charge in [0, 0.05) is 17.3 Å². The summed E-state index contributed by atoms with van der Waals surface area (Å²) in [7, 11) is 0. The lowest BCUT2D eigenvalue weighted by Gasteiger charge is -2.15. The molecule has 27 heavy (non-hydrogen) atoms. The SMILES string of the molecule is CCOc1c(Cl)cc(C(=O)Nc2ccc(C=O)c(O)c2)cc1OCC1CC1. The fraction of sp³-hybridized carbons (Fsp3) is 0.300. The molecule has 0 saturated heterocycles. The van der Waals surface area contributed by atoms with E-state index < -0.39 is 5.91 Å². The number of hydrogen-bond acceptors (Lipinski definition) is 5. The van der Waals surface area contributed by atoms with E-state index in [0.717, 1.165) is 12.8 Å². The third kappa shape index (κ3) is 4.71. The summed E-state index contributed by atoms with van der Waals surface area (Å²) in [5.41, 5.74) is 0.801. The molecule has 142 valence electrons. The van der Waals surface area contributed by atoms with Crippen LogP contribution in [0.4, 0.5) is 5.69 Å². The number of aromatic hydroxyl groups is 1. The second-order valence-electron chi connectivity index (χ2n) is 6.32. The maximum Gasteiger partial charge on any atom is 0.255 e. The minimum Gasteiger partial charge on any atom is -0.507 e. The molecule has 3 rings (SSSR count). The molecule has 1 aliphatic rings. The van der Waals surface area contributed by atoms with Gasteiger partial charge in [0.15, 0.2) is 17.8 Å². The van der Waals surface area contributed by atoms with Crippen molar-refractivity contribution in [3.63, 3.8) is 0 Å². The molecule has 0 spiro atoms. The highest BCUT2D eigenvalue weighted by Gasteiger charge is 2.24. The zero-order chi connectivity index (χ0) is 19.4.